The Hall–Kier alpha value is -3.11. The van der Waals surface area contributed by atoms with E-state index in [1.54, 1.807) is 0 Å². The predicted octanol–water partition coefficient (Wildman–Crippen LogP) is 3.02. The zero-order valence-corrected chi connectivity index (χ0v) is 16.6. The molecule has 0 aromatic heterocycles. The molecule has 1 aliphatic rings. The fourth-order valence-electron chi connectivity index (χ4n) is 3.40. The maximum Gasteiger partial charge on any atom is 0.270 e. The molecule has 11 heteroatoms. The lowest BCUT2D eigenvalue weighted by Crippen LogP contribution is -2.44. The quantitative estimate of drug-likeness (QED) is 0.381. The molecule has 2 amide bonds. The summed E-state index contributed by atoms with van der Waals surface area (Å²) < 4.78 is 0. The zero-order valence-electron chi connectivity index (χ0n) is 15.8. The van der Waals surface area contributed by atoms with Gasteiger partial charge in [0, 0.05) is 42.7 Å². The number of nitrogens with zero attached hydrogens (tertiary/aromatic N) is 4. The van der Waals surface area contributed by atoms with Gasteiger partial charge in [0.1, 0.15) is 0 Å². The van der Waals surface area contributed by atoms with Gasteiger partial charge in [0.2, 0.25) is 0 Å². The Labute approximate surface area is 171 Å². The number of nitro groups is 2. The minimum Gasteiger partial charge on any atom is -0.302 e. The molecule has 0 radical (unpaired) electrons. The molecule has 0 atom stereocenters. The number of carbonyl (C=O) groups is 2. The van der Waals surface area contributed by atoms with Gasteiger partial charge in [-0.3, -0.25) is 34.7 Å². The highest BCUT2D eigenvalue weighted by Crippen LogP contribution is 2.36. The topological polar surface area (TPSA) is 127 Å². The van der Waals surface area contributed by atoms with Crippen LogP contribution in [0.3, 0.4) is 0 Å². The summed E-state index contributed by atoms with van der Waals surface area (Å²) in [4.78, 5) is 50.0. The Balaban J connectivity index is 0.00000300. The summed E-state index contributed by atoms with van der Waals surface area (Å²) in [6, 6.07) is 4.52. The fraction of sp³-hybridized carbons (Fsp3) is 0.333. The summed E-state index contributed by atoms with van der Waals surface area (Å²) in [5.41, 5.74) is -0.706. The van der Waals surface area contributed by atoms with Crippen molar-refractivity contribution < 1.29 is 19.4 Å². The standard InChI is InChI=1S/C18H18N4O6.ClH/c1-3-19(4-2)5-6-20-17(23)14-9-12(21(25)26)7-11-8-13(22(27)28)10-15(16(11)14)18(20)24;/h7-10H,3-6H2,1-2H3;1H. The number of halogens is 1. The zero-order chi connectivity index (χ0) is 20.6. The highest BCUT2D eigenvalue weighted by atomic mass is 35.5. The maximum atomic E-state index is 12.9. The number of benzene rings is 2. The Kier molecular flexibility index (Phi) is 6.50. The van der Waals surface area contributed by atoms with Crippen molar-refractivity contribution in [1.82, 2.24) is 9.80 Å². The third-order valence-corrected chi connectivity index (χ3v) is 4.93. The van der Waals surface area contributed by atoms with Crippen LogP contribution in [0, 0.1) is 20.2 Å². The first kappa shape index (κ1) is 22.2. The highest BCUT2D eigenvalue weighted by Gasteiger charge is 2.35. The van der Waals surface area contributed by atoms with Crippen LogP contribution < -0.4 is 0 Å². The van der Waals surface area contributed by atoms with Gasteiger partial charge in [-0.2, -0.15) is 0 Å². The summed E-state index contributed by atoms with van der Waals surface area (Å²) in [6.45, 7) is 5.89. The van der Waals surface area contributed by atoms with E-state index in [1.165, 1.54) is 0 Å². The molecule has 0 unspecified atom stereocenters. The fourth-order valence-corrected chi connectivity index (χ4v) is 3.40. The van der Waals surface area contributed by atoms with E-state index >= 15 is 0 Å². The van der Waals surface area contributed by atoms with Gasteiger partial charge >= 0.3 is 0 Å². The number of non-ortho nitro benzene ring substituents is 2. The Bertz CT molecular complexity index is 952. The molecule has 2 aromatic rings. The van der Waals surface area contributed by atoms with Crippen molar-refractivity contribution in [3.8, 4) is 0 Å². The summed E-state index contributed by atoms with van der Waals surface area (Å²) in [5.74, 6) is -1.26. The first-order valence-corrected chi connectivity index (χ1v) is 8.77. The van der Waals surface area contributed by atoms with Crippen molar-refractivity contribution in [2.75, 3.05) is 26.2 Å². The van der Waals surface area contributed by atoms with Gasteiger partial charge in [-0.25, -0.2) is 0 Å². The first-order valence-electron chi connectivity index (χ1n) is 8.77. The summed E-state index contributed by atoms with van der Waals surface area (Å²) >= 11 is 0. The van der Waals surface area contributed by atoms with Gasteiger partial charge in [0.15, 0.2) is 0 Å². The second kappa shape index (κ2) is 8.50. The number of hydrogen-bond donors (Lipinski definition) is 0. The van der Waals surface area contributed by atoms with Gasteiger partial charge in [0.25, 0.3) is 23.2 Å². The molecule has 1 heterocycles. The van der Waals surface area contributed by atoms with Crippen LogP contribution in [0.4, 0.5) is 11.4 Å². The van der Waals surface area contributed by atoms with E-state index in [2.05, 4.69) is 0 Å². The SMILES string of the molecule is CCN(CC)CCN1C(=O)c2cc([N+](=O)[O-])cc3cc([N+](=O)[O-])cc(c23)C1=O.Cl. The Morgan fingerprint density at radius 2 is 1.34 bits per heavy atom. The monoisotopic (exact) mass is 422 g/mol. The molecule has 0 spiro atoms. The number of amides is 2. The Morgan fingerprint density at radius 1 is 0.897 bits per heavy atom. The highest BCUT2D eigenvalue weighted by molar-refractivity contribution is 6.26. The van der Waals surface area contributed by atoms with Crippen LogP contribution in [0.25, 0.3) is 10.8 Å². The van der Waals surface area contributed by atoms with E-state index in [0.29, 0.717) is 6.54 Å². The Morgan fingerprint density at radius 3 is 1.72 bits per heavy atom. The average molecular weight is 423 g/mol. The van der Waals surface area contributed by atoms with Crippen LogP contribution in [0.15, 0.2) is 24.3 Å². The lowest BCUT2D eigenvalue weighted by atomic mass is 9.92. The second-order valence-electron chi connectivity index (χ2n) is 6.39. The smallest absolute Gasteiger partial charge is 0.270 e. The molecule has 29 heavy (non-hydrogen) atoms. The molecule has 0 bridgehead atoms. The van der Waals surface area contributed by atoms with Gasteiger partial charge < -0.3 is 4.90 Å². The first-order chi connectivity index (χ1) is 13.3. The minimum atomic E-state index is -0.668. The molecule has 0 fully saturated rings. The molecule has 0 saturated carbocycles. The summed E-state index contributed by atoms with van der Waals surface area (Å²) in [7, 11) is 0. The molecule has 0 saturated heterocycles. The number of hydrogen-bond acceptors (Lipinski definition) is 7. The van der Waals surface area contributed by atoms with E-state index in [1.807, 2.05) is 18.7 Å². The molecule has 0 aliphatic carbocycles. The minimum absolute atomic E-state index is 0. The largest absolute Gasteiger partial charge is 0.302 e. The van der Waals surface area contributed by atoms with Crippen molar-refractivity contribution in [2.45, 2.75) is 13.8 Å². The number of rotatable bonds is 7. The third-order valence-electron chi connectivity index (χ3n) is 4.93. The molecule has 0 N–H and O–H groups in total. The summed E-state index contributed by atoms with van der Waals surface area (Å²) in [5, 5.41) is 22.8. The van der Waals surface area contributed by atoms with Crippen LogP contribution in [-0.2, 0) is 0 Å². The lowest BCUT2D eigenvalue weighted by molar-refractivity contribution is -0.385. The lowest BCUT2D eigenvalue weighted by Gasteiger charge is -2.29. The van der Waals surface area contributed by atoms with Gasteiger partial charge in [0.05, 0.1) is 21.0 Å². The van der Waals surface area contributed by atoms with Crippen LogP contribution >= 0.6 is 12.4 Å². The van der Waals surface area contributed by atoms with Crippen molar-refractivity contribution in [1.29, 1.82) is 0 Å². The van der Waals surface area contributed by atoms with Crippen LogP contribution in [0.5, 0.6) is 0 Å². The van der Waals surface area contributed by atoms with Crippen LogP contribution in [-0.4, -0.2) is 57.6 Å². The maximum absolute atomic E-state index is 12.9. The average Bonchev–Trinajstić information content (AvgIpc) is 2.67. The van der Waals surface area contributed by atoms with Gasteiger partial charge in [-0.15, -0.1) is 12.4 Å². The number of likely N-dealkylation sites (N-methyl/N-ethyl adjacent to an activating group) is 1. The number of carbonyl (C=O) groups excluding carboxylic acids is 2. The molecule has 1 aliphatic heterocycles. The molecule has 2 aromatic carbocycles. The predicted molar refractivity (Wildman–Crippen MR) is 108 cm³/mol. The third kappa shape index (κ3) is 3.89. The normalized spacial score (nSPS) is 13.0. The second-order valence-corrected chi connectivity index (χ2v) is 6.39. The molecule has 10 nitrogen and oxygen atoms in total. The number of nitro benzene ring substituents is 2. The van der Waals surface area contributed by atoms with Crippen molar-refractivity contribution >= 4 is 46.4 Å². The van der Waals surface area contributed by atoms with Crippen molar-refractivity contribution in [2.24, 2.45) is 0 Å². The van der Waals surface area contributed by atoms with Gasteiger partial charge in [-0.05, 0) is 18.5 Å². The molecular weight excluding hydrogens is 404 g/mol. The van der Waals surface area contributed by atoms with E-state index in [4.69, 9.17) is 0 Å². The van der Waals surface area contributed by atoms with Crippen molar-refractivity contribution in [3.05, 3.63) is 55.6 Å². The van der Waals surface area contributed by atoms with Crippen LogP contribution in [0.2, 0.25) is 0 Å². The van der Waals surface area contributed by atoms with Crippen molar-refractivity contribution in [3.63, 3.8) is 0 Å². The molecule has 154 valence electrons. The van der Waals surface area contributed by atoms with E-state index < -0.39 is 21.7 Å². The van der Waals surface area contributed by atoms with Crippen LogP contribution in [0.1, 0.15) is 34.6 Å². The van der Waals surface area contributed by atoms with E-state index in [-0.39, 0.29) is 52.2 Å². The molecular formula is C18H19ClN4O6. The van der Waals surface area contributed by atoms with Gasteiger partial charge in [-0.1, -0.05) is 13.8 Å². The number of imide groups is 1. The van der Waals surface area contributed by atoms with E-state index in [9.17, 15) is 29.8 Å². The summed E-state index contributed by atoms with van der Waals surface area (Å²) in [6.07, 6.45) is 0. The van der Waals surface area contributed by atoms with E-state index in [0.717, 1.165) is 42.3 Å². The molecule has 3 rings (SSSR count).